The first kappa shape index (κ1) is 21.6. The molecule has 0 aliphatic carbocycles. The number of nitriles is 1. The molecule has 7 nitrogen and oxygen atoms in total. The zero-order valence-electron chi connectivity index (χ0n) is 17.1. The molecule has 1 heterocycles. The van der Waals surface area contributed by atoms with Crippen molar-refractivity contribution >= 4 is 23.4 Å². The molecule has 0 spiro atoms. The number of ether oxygens (including phenoxy) is 1. The zero-order valence-corrected chi connectivity index (χ0v) is 17.9. The number of benzene rings is 2. The van der Waals surface area contributed by atoms with Crippen LogP contribution in [0.25, 0.3) is 11.4 Å². The molecule has 0 bridgehead atoms. The minimum absolute atomic E-state index is 0.207. The van der Waals surface area contributed by atoms with Gasteiger partial charge in [0.15, 0.2) is 11.0 Å². The van der Waals surface area contributed by atoms with E-state index < -0.39 is 5.25 Å². The molecule has 8 heteroatoms. The molecule has 1 aromatic heterocycles. The molecule has 0 saturated carbocycles. The van der Waals surface area contributed by atoms with Crippen molar-refractivity contribution in [1.82, 2.24) is 14.8 Å². The maximum absolute atomic E-state index is 12.7. The van der Waals surface area contributed by atoms with E-state index in [4.69, 9.17) is 4.74 Å². The van der Waals surface area contributed by atoms with Crippen molar-refractivity contribution < 1.29 is 9.53 Å². The van der Waals surface area contributed by atoms with Crippen LogP contribution in [0, 0.1) is 18.3 Å². The molecule has 0 saturated heterocycles. The number of aryl methyl sites for hydroxylation is 1. The Labute approximate surface area is 180 Å². The summed E-state index contributed by atoms with van der Waals surface area (Å²) in [6, 6.07) is 17.1. The molecule has 0 unspecified atom stereocenters. The number of para-hydroxylation sites is 1. The molecule has 0 aliphatic heterocycles. The van der Waals surface area contributed by atoms with Crippen LogP contribution in [0.5, 0.6) is 0 Å². The summed E-state index contributed by atoms with van der Waals surface area (Å²) < 4.78 is 7.21. The van der Waals surface area contributed by atoms with Crippen LogP contribution in [0.1, 0.15) is 18.1 Å². The summed E-state index contributed by atoms with van der Waals surface area (Å²) in [6.45, 7) is 4.90. The molecule has 1 N–H and O–H groups in total. The first-order valence-corrected chi connectivity index (χ1v) is 10.4. The van der Waals surface area contributed by atoms with Crippen molar-refractivity contribution in [2.24, 2.45) is 0 Å². The second kappa shape index (κ2) is 10.1. The van der Waals surface area contributed by atoms with Gasteiger partial charge in [-0.05, 0) is 32.0 Å². The van der Waals surface area contributed by atoms with Crippen LogP contribution in [0.4, 0.5) is 5.69 Å². The van der Waals surface area contributed by atoms with Crippen LogP contribution >= 0.6 is 11.8 Å². The van der Waals surface area contributed by atoms with Crippen molar-refractivity contribution in [3.63, 3.8) is 0 Å². The van der Waals surface area contributed by atoms with Crippen LogP contribution in [-0.2, 0) is 16.1 Å². The van der Waals surface area contributed by atoms with E-state index >= 15 is 0 Å². The van der Waals surface area contributed by atoms with E-state index in [-0.39, 0.29) is 5.91 Å². The van der Waals surface area contributed by atoms with E-state index in [1.807, 2.05) is 29.7 Å². The number of carbonyl (C=O) groups is 1. The van der Waals surface area contributed by atoms with Crippen LogP contribution in [-0.4, -0.2) is 39.6 Å². The van der Waals surface area contributed by atoms with Gasteiger partial charge in [0, 0.05) is 12.7 Å². The number of methoxy groups -OCH3 is 1. The highest BCUT2D eigenvalue weighted by Gasteiger charge is 2.21. The fraction of sp³-hybridized carbons (Fsp3) is 0.273. The van der Waals surface area contributed by atoms with E-state index in [2.05, 4.69) is 27.6 Å². The van der Waals surface area contributed by atoms with Gasteiger partial charge in [0.2, 0.25) is 5.91 Å². The Hall–Kier alpha value is -3.15. The number of nitrogens with one attached hydrogen (secondary N) is 1. The molecule has 2 aromatic carbocycles. The van der Waals surface area contributed by atoms with Gasteiger partial charge in [-0.3, -0.25) is 9.36 Å². The SMILES string of the molecule is COCCn1c(S[C@@H](C)C(=O)Nc2ccccc2C#N)nnc1-c1cccc(C)c1. The zero-order chi connectivity index (χ0) is 21.5. The smallest absolute Gasteiger partial charge is 0.237 e. The van der Waals surface area contributed by atoms with Gasteiger partial charge in [-0.15, -0.1) is 10.2 Å². The third-order valence-electron chi connectivity index (χ3n) is 4.47. The van der Waals surface area contributed by atoms with E-state index in [1.165, 1.54) is 11.8 Å². The summed E-state index contributed by atoms with van der Waals surface area (Å²) in [5, 5.41) is 20.9. The maximum atomic E-state index is 12.7. The maximum Gasteiger partial charge on any atom is 0.237 e. The van der Waals surface area contributed by atoms with Gasteiger partial charge in [-0.1, -0.05) is 47.7 Å². The number of nitrogens with zero attached hydrogens (tertiary/aromatic N) is 4. The molecule has 0 radical (unpaired) electrons. The van der Waals surface area contributed by atoms with Gasteiger partial charge in [0.05, 0.1) is 29.7 Å². The normalized spacial score (nSPS) is 11.7. The summed E-state index contributed by atoms with van der Waals surface area (Å²) >= 11 is 1.32. The second-order valence-corrected chi connectivity index (χ2v) is 8.03. The number of thioether (sulfide) groups is 1. The topological polar surface area (TPSA) is 92.8 Å². The minimum Gasteiger partial charge on any atom is -0.383 e. The predicted molar refractivity (Wildman–Crippen MR) is 117 cm³/mol. The van der Waals surface area contributed by atoms with E-state index in [0.717, 1.165) is 17.0 Å². The Morgan fingerprint density at radius 1 is 1.27 bits per heavy atom. The van der Waals surface area contributed by atoms with E-state index in [9.17, 15) is 10.1 Å². The molecule has 1 amide bonds. The molecule has 0 aliphatic rings. The minimum atomic E-state index is -0.437. The van der Waals surface area contributed by atoms with Crippen LogP contribution in [0.15, 0.2) is 53.7 Å². The summed E-state index contributed by atoms with van der Waals surface area (Å²) in [4.78, 5) is 12.7. The number of anilines is 1. The lowest BCUT2D eigenvalue weighted by Gasteiger charge is -2.14. The van der Waals surface area contributed by atoms with Gasteiger partial charge in [-0.2, -0.15) is 5.26 Å². The van der Waals surface area contributed by atoms with Gasteiger partial charge in [-0.25, -0.2) is 0 Å². The van der Waals surface area contributed by atoms with Crippen molar-refractivity contribution in [1.29, 1.82) is 5.26 Å². The fourth-order valence-electron chi connectivity index (χ4n) is 2.89. The lowest BCUT2D eigenvalue weighted by atomic mass is 10.1. The predicted octanol–water partition coefficient (Wildman–Crippen LogP) is 3.89. The standard InChI is InChI=1S/C22H23N5O2S/c1-15-7-6-9-17(13-15)20-25-26-22(27(20)11-12-29-3)30-16(2)21(28)24-19-10-5-4-8-18(19)14-23/h4-10,13,16H,11-12H2,1-3H3,(H,24,28)/t16-/m0/s1. The number of hydrogen-bond donors (Lipinski definition) is 1. The molecule has 154 valence electrons. The molecule has 3 rings (SSSR count). The van der Waals surface area contributed by atoms with Gasteiger partial charge < -0.3 is 10.1 Å². The first-order valence-electron chi connectivity index (χ1n) is 9.49. The summed E-state index contributed by atoms with van der Waals surface area (Å²) in [7, 11) is 1.65. The van der Waals surface area contributed by atoms with E-state index in [0.29, 0.717) is 29.6 Å². The van der Waals surface area contributed by atoms with Gasteiger partial charge >= 0.3 is 0 Å². The molecular formula is C22H23N5O2S. The Morgan fingerprint density at radius 3 is 2.80 bits per heavy atom. The number of amides is 1. The third-order valence-corrected chi connectivity index (χ3v) is 5.55. The molecular weight excluding hydrogens is 398 g/mol. The largest absolute Gasteiger partial charge is 0.383 e. The number of hydrogen-bond acceptors (Lipinski definition) is 6. The highest BCUT2D eigenvalue weighted by molar-refractivity contribution is 8.00. The van der Waals surface area contributed by atoms with Crippen molar-refractivity contribution in [2.45, 2.75) is 30.8 Å². The molecule has 1 atom stereocenters. The average Bonchev–Trinajstić information content (AvgIpc) is 3.14. The molecule has 0 fully saturated rings. The van der Waals surface area contributed by atoms with E-state index in [1.54, 1.807) is 38.3 Å². The van der Waals surface area contributed by atoms with Crippen LogP contribution in [0.3, 0.4) is 0 Å². The summed E-state index contributed by atoms with van der Waals surface area (Å²) in [5.41, 5.74) is 3.02. The number of aromatic nitrogens is 3. The average molecular weight is 422 g/mol. The van der Waals surface area contributed by atoms with Crippen molar-refractivity contribution in [2.75, 3.05) is 19.0 Å². The highest BCUT2D eigenvalue weighted by Crippen LogP contribution is 2.28. The Balaban J connectivity index is 1.81. The first-order chi connectivity index (χ1) is 14.5. The number of carbonyl (C=O) groups excluding carboxylic acids is 1. The third kappa shape index (κ3) is 5.06. The lowest BCUT2D eigenvalue weighted by Crippen LogP contribution is -2.23. The monoisotopic (exact) mass is 421 g/mol. The second-order valence-electron chi connectivity index (χ2n) is 6.73. The highest BCUT2D eigenvalue weighted by atomic mass is 32.2. The Morgan fingerprint density at radius 2 is 2.07 bits per heavy atom. The quantitative estimate of drug-likeness (QED) is 0.555. The number of rotatable bonds is 8. The Kier molecular flexibility index (Phi) is 7.22. The van der Waals surface area contributed by atoms with Crippen molar-refractivity contribution in [3.8, 4) is 17.5 Å². The van der Waals surface area contributed by atoms with Crippen LogP contribution in [0.2, 0.25) is 0 Å². The van der Waals surface area contributed by atoms with Gasteiger partial charge in [0.25, 0.3) is 0 Å². The fourth-order valence-corrected chi connectivity index (χ4v) is 3.77. The summed E-state index contributed by atoms with van der Waals surface area (Å²) in [5.74, 6) is 0.529. The van der Waals surface area contributed by atoms with Crippen LogP contribution < -0.4 is 5.32 Å². The van der Waals surface area contributed by atoms with Gasteiger partial charge in [0.1, 0.15) is 6.07 Å². The summed E-state index contributed by atoms with van der Waals surface area (Å²) in [6.07, 6.45) is 0. The molecule has 30 heavy (non-hydrogen) atoms. The Bertz CT molecular complexity index is 1070. The lowest BCUT2D eigenvalue weighted by molar-refractivity contribution is -0.115. The molecule has 3 aromatic rings. The van der Waals surface area contributed by atoms with Crippen molar-refractivity contribution in [3.05, 3.63) is 59.7 Å².